The van der Waals surface area contributed by atoms with E-state index in [9.17, 15) is 13.2 Å². The van der Waals surface area contributed by atoms with Crippen LogP contribution in [0.15, 0.2) is 69.4 Å². The molecular weight excluding hydrogens is 431 g/mol. The molecular formula is C25H20F3N3O2. The lowest BCUT2D eigenvalue weighted by Crippen LogP contribution is -2.08. The van der Waals surface area contributed by atoms with Gasteiger partial charge >= 0.3 is 6.18 Å². The standard InChI is InChI=1S/C25H20F3N3O2/c1-14(29)7-8-15-9-11-18-17(13-15)10-12-19-21(18)30-33-24(19)22-20(25(26,27)28)23(32-31-22)16-5-3-2-4-6-16/h2-7,9,11,13H,8,10,12,29H2,1H3/b14-7+. The van der Waals surface area contributed by atoms with Crippen molar-refractivity contribution in [2.75, 3.05) is 0 Å². The number of allylic oxidation sites excluding steroid dienone is 2. The van der Waals surface area contributed by atoms with Gasteiger partial charge in [-0.05, 0) is 37.3 Å². The van der Waals surface area contributed by atoms with Crippen LogP contribution in [0.2, 0.25) is 0 Å². The molecule has 0 saturated carbocycles. The topological polar surface area (TPSA) is 78.1 Å². The minimum Gasteiger partial charge on any atom is -0.403 e. The van der Waals surface area contributed by atoms with Gasteiger partial charge in [0.1, 0.15) is 11.3 Å². The van der Waals surface area contributed by atoms with Crippen LogP contribution >= 0.6 is 0 Å². The van der Waals surface area contributed by atoms with Crippen molar-refractivity contribution in [1.29, 1.82) is 0 Å². The Morgan fingerprint density at radius 1 is 1.00 bits per heavy atom. The van der Waals surface area contributed by atoms with Gasteiger partial charge in [0.2, 0.25) is 0 Å². The van der Waals surface area contributed by atoms with Gasteiger partial charge in [0, 0.05) is 22.4 Å². The van der Waals surface area contributed by atoms with Crippen molar-refractivity contribution in [3.63, 3.8) is 0 Å². The summed E-state index contributed by atoms with van der Waals surface area (Å²) in [5.41, 5.74) is 9.60. The molecule has 33 heavy (non-hydrogen) atoms. The van der Waals surface area contributed by atoms with E-state index in [1.54, 1.807) is 30.3 Å². The van der Waals surface area contributed by atoms with Gasteiger partial charge in [0.25, 0.3) is 0 Å². The minimum absolute atomic E-state index is 0.000303. The molecule has 0 saturated heterocycles. The average molecular weight is 451 g/mol. The minimum atomic E-state index is -4.68. The first-order chi connectivity index (χ1) is 15.8. The highest BCUT2D eigenvalue weighted by Gasteiger charge is 2.43. The van der Waals surface area contributed by atoms with Crippen LogP contribution in [0.1, 0.15) is 29.2 Å². The molecule has 0 spiro atoms. The normalized spacial score (nSPS) is 13.6. The molecule has 0 amide bonds. The second kappa shape index (κ2) is 7.95. The van der Waals surface area contributed by atoms with Crippen LogP contribution in [0.5, 0.6) is 0 Å². The Bertz CT molecular complexity index is 1350. The summed E-state index contributed by atoms with van der Waals surface area (Å²) in [6, 6.07) is 14.1. The zero-order valence-electron chi connectivity index (χ0n) is 17.7. The maximum atomic E-state index is 14.1. The van der Waals surface area contributed by atoms with Gasteiger partial charge in [-0.3, -0.25) is 0 Å². The highest BCUT2D eigenvalue weighted by Crippen LogP contribution is 2.46. The van der Waals surface area contributed by atoms with Crippen LogP contribution < -0.4 is 5.73 Å². The number of hydrogen-bond donors (Lipinski definition) is 1. The fourth-order valence-corrected chi connectivity index (χ4v) is 4.18. The summed E-state index contributed by atoms with van der Waals surface area (Å²) in [6.07, 6.45) is -0.890. The van der Waals surface area contributed by atoms with Crippen molar-refractivity contribution in [2.45, 2.75) is 32.4 Å². The summed E-state index contributed by atoms with van der Waals surface area (Å²) >= 11 is 0. The van der Waals surface area contributed by atoms with E-state index in [0.717, 1.165) is 22.4 Å². The fourth-order valence-electron chi connectivity index (χ4n) is 4.18. The van der Waals surface area contributed by atoms with E-state index < -0.39 is 11.7 Å². The molecule has 2 heterocycles. The third-order valence-electron chi connectivity index (χ3n) is 5.74. The molecule has 2 N–H and O–H groups in total. The van der Waals surface area contributed by atoms with Gasteiger partial charge in [-0.1, -0.05) is 64.9 Å². The first-order valence-electron chi connectivity index (χ1n) is 10.5. The number of aromatic nitrogens is 2. The third kappa shape index (κ3) is 3.82. The van der Waals surface area contributed by atoms with Gasteiger partial charge < -0.3 is 14.8 Å². The molecule has 8 heteroatoms. The van der Waals surface area contributed by atoms with Crippen LogP contribution in [-0.4, -0.2) is 10.3 Å². The molecule has 5 rings (SSSR count). The second-order valence-electron chi connectivity index (χ2n) is 8.08. The van der Waals surface area contributed by atoms with Crippen molar-refractivity contribution >= 4 is 0 Å². The number of benzene rings is 2. The summed E-state index contributed by atoms with van der Waals surface area (Å²) in [6.45, 7) is 1.84. The molecule has 5 nitrogen and oxygen atoms in total. The van der Waals surface area contributed by atoms with E-state index in [2.05, 4.69) is 16.4 Å². The molecule has 0 radical (unpaired) electrons. The zero-order chi connectivity index (χ0) is 23.2. The third-order valence-corrected chi connectivity index (χ3v) is 5.74. The van der Waals surface area contributed by atoms with Crippen LogP contribution in [0.3, 0.4) is 0 Å². The average Bonchev–Trinajstić information content (AvgIpc) is 3.42. The Morgan fingerprint density at radius 3 is 2.45 bits per heavy atom. The smallest absolute Gasteiger partial charge is 0.403 e. The summed E-state index contributed by atoms with van der Waals surface area (Å²) < 4.78 is 52.9. The molecule has 0 aliphatic heterocycles. The number of fused-ring (bicyclic) bond motifs is 3. The quantitative estimate of drug-likeness (QED) is 0.401. The number of nitrogens with zero attached hydrogens (tertiary/aromatic N) is 2. The van der Waals surface area contributed by atoms with Crippen molar-refractivity contribution in [1.82, 2.24) is 10.3 Å². The molecule has 0 unspecified atom stereocenters. The first-order valence-corrected chi connectivity index (χ1v) is 10.5. The van der Waals surface area contributed by atoms with E-state index in [4.69, 9.17) is 14.8 Å². The monoisotopic (exact) mass is 451 g/mol. The van der Waals surface area contributed by atoms with Crippen LogP contribution in [0.4, 0.5) is 13.2 Å². The maximum absolute atomic E-state index is 14.1. The van der Waals surface area contributed by atoms with Crippen molar-refractivity contribution in [3.8, 4) is 34.0 Å². The summed E-state index contributed by atoms with van der Waals surface area (Å²) in [5.74, 6) is -0.341. The number of rotatable bonds is 4. The molecule has 168 valence electrons. The van der Waals surface area contributed by atoms with Gasteiger partial charge in [-0.25, -0.2) is 0 Å². The maximum Gasteiger partial charge on any atom is 0.422 e. The van der Waals surface area contributed by atoms with Gasteiger partial charge in [0.05, 0.1) is 0 Å². The lowest BCUT2D eigenvalue weighted by atomic mass is 9.87. The fraction of sp³-hybridized carbons (Fsp3) is 0.200. The molecule has 1 aliphatic carbocycles. The molecule has 2 aromatic heterocycles. The molecule has 1 aliphatic rings. The Hall–Kier alpha value is -3.81. The molecule has 4 aromatic rings. The zero-order valence-corrected chi connectivity index (χ0v) is 17.7. The van der Waals surface area contributed by atoms with Crippen LogP contribution in [-0.2, 0) is 25.4 Å². The number of nitrogens with two attached hydrogens (primary N) is 1. The molecule has 2 aromatic carbocycles. The second-order valence-corrected chi connectivity index (χ2v) is 8.08. The number of halogens is 3. The molecule has 0 fully saturated rings. The summed E-state index contributed by atoms with van der Waals surface area (Å²) in [7, 11) is 0. The molecule has 0 atom stereocenters. The Labute approximate surface area is 187 Å². The lowest BCUT2D eigenvalue weighted by Gasteiger charge is -2.16. The van der Waals surface area contributed by atoms with E-state index in [0.29, 0.717) is 30.5 Å². The number of aryl methyl sites for hydroxylation is 1. The van der Waals surface area contributed by atoms with E-state index in [1.807, 2.05) is 25.1 Å². The van der Waals surface area contributed by atoms with Crippen LogP contribution in [0, 0.1) is 0 Å². The van der Waals surface area contributed by atoms with Gasteiger partial charge in [0.15, 0.2) is 17.2 Å². The highest BCUT2D eigenvalue weighted by atomic mass is 19.4. The van der Waals surface area contributed by atoms with Crippen molar-refractivity contribution in [3.05, 3.63) is 82.6 Å². The predicted molar refractivity (Wildman–Crippen MR) is 117 cm³/mol. The lowest BCUT2D eigenvalue weighted by molar-refractivity contribution is -0.136. The SMILES string of the molecule is C/C(N)=C\Cc1ccc2c(c1)CCc1c-2noc1-c1noc(-c2ccccc2)c1C(F)(F)F. The van der Waals surface area contributed by atoms with Crippen LogP contribution in [0.25, 0.3) is 34.0 Å². The van der Waals surface area contributed by atoms with Crippen molar-refractivity contribution in [2.24, 2.45) is 5.73 Å². The van der Waals surface area contributed by atoms with Crippen molar-refractivity contribution < 1.29 is 22.2 Å². The largest absolute Gasteiger partial charge is 0.422 e. The van der Waals surface area contributed by atoms with Gasteiger partial charge in [-0.2, -0.15) is 13.2 Å². The Balaban J connectivity index is 1.59. The van der Waals surface area contributed by atoms with Gasteiger partial charge in [-0.15, -0.1) is 0 Å². The Morgan fingerprint density at radius 2 is 1.73 bits per heavy atom. The predicted octanol–water partition coefficient (Wildman–Crippen LogP) is 6.19. The number of hydrogen-bond acceptors (Lipinski definition) is 5. The molecule has 0 bridgehead atoms. The van der Waals surface area contributed by atoms with E-state index >= 15 is 0 Å². The van der Waals surface area contributed by atoms with E-state index in [-0.39, 0.29) is 22.8 Å². The summed E-state index contributed by atoms with van der Waals surface area (Å²) in [4.78, 5) is 0. The highest BCUT2D eigenvalue weighted by molar-refractivity contribution is 5.79. The first kappa shape index (κ1) is 21.1. The Kier molecular flexibility index (Phi) is 5.08. The van der Waals surface area contributed by atoms with E-state index in [1.165, 1.54) is 0 Å². The summed E-state index contributed by atoms with van der Waals surface area (Å²) in [5, 5.41) is 7.90. The number of alkyl halides is 3.